The number of aromatic nitrogens is 5. The maximum Gasteiger partial charge on any atom is 0.282 e. The van der Waals surface area contributed by atoms with E-state index in [-0.39, 0.29) is 12.5 Å². The Labute approximate surface area is 269 Å². The average Bonchev–Trinajstić information content (AvgIpc) is 3.87. The van der Waals surface area contributed by atoms with Crippen LogP contribution in [0.5, 0.6) is 5.75 Å². The van der Waals surface area contributed by atoms with Gasteiger partial charge >= 0.3 is 0 Å². The molecule has 0 aliphatic carbocycles. The fraction of sp³-hybridized carbons (Fsp3) is 0.367. The number of carbonyl (C=O) groups is 1. The predicted molar refractivity (Wildman–Crippen MR) is 160 cm³/mol. The van der Waals surface area contributed by atoms with Crippen molar-refractivity contribution in [1.29, 1.82) is 0 Å². The molecule has 2 aliphatic heterocycles. The van der Waals surface area contributed by atoms with Gasteiger partial charge in [-0.2, -0.15) is 10.2 Å². The van der Waals surface area contributed by atoms with Crippen molar-refractivity contribution in [3.8, 4) is 18.1 Å². The summed E-state index contributed by atoms with van der Waals surface area (Å²) in [7, 11) is 0. The Morgan fingerprint density at radius 3 is 2.37 bits per heavy atom. The molecule has 0 N–H and O–H groups in total. The molecule has 1 amide bonds. The number of hydrogen-bond acceptors (Lipinski definition) is 8. The van der Waals surface area contributed by atoms with Crippen LogP contribution in [-0.4, -0.2) is 60.8 Å². The number of thiazole rings is 1. The molecule has 240 valence electrons. The Kier molecular flexibility index (Phi) is 9.27. The second-order valence-corrected chi connectivity index (χ2v) is 11.9. The first-order valence-corrected chi connectivity index (χ1v) is 15.5. The number of likely N-dealkylation sites (tertiary alicyclic amines) is 1. The number of ether oxygens (including phenoxy) is 1. The summed E-state index contributed by atoms with van der Waals surface area (Å²) in [5, 5.41) is 15.2. The molecule has 46 heavy (non-hydrogen) atoms. The van der Waals surface area contributed by atoms with Crippen LogP contribution in [0.2, 0.25) is 5.02 Å². The lowest BCUT2D eigenvalue weighted by atomic mass is 9.97. The van der Waals surface area contributed by atoms with Gasteiger partial charge in [-0.15, -0.1) is 17.8 Å². The zero-order valence-corrected chi connectivity index (χ0v) is 25.6. The fourth-order valence-corrected chi connectivity index (χ4v) is 6.72. The summed E-state index contributed by atoms with van der Waals surface area (Å²) in [5.41, 5.74) is 0.928. The van der Waals surface area contributed by atoms with Gasteiger partial charge in [-0.1, -0.05) is 28.7 Å². The van der Waals surface area contributed by atoms with Gasteiger partial charge in [0, 0.05) is 43.2 Å². The van der Waals surface area contributed by atoms with E-state index in [9.17, 15) is 22.4 Å². The minimum absolute atomic E-state index is 0.0533. The van der Waals surface area contributed by atoms with Crippen molar-refractivity contribution >= 4 is 34.6 Å². The van der Waals surface area contributed by atoms with Gasteiger partial charge < -0.3 is 14.5 Å². The number of benzene rings is 1. The van der Waals surface area contributed by atoms with E-state index in [1.165, 1.54) is 23.7 Å². The number of amides is 1. The second kappa shape index (κ2) is 13.5. The molecule has 10 nitrogen and oxygen atoms in total. The lowest BCUT2D eigenvalue weighted by Crippen LogP contribution is -2.44. The van der Waals surface area contributed by atoms with Crippen molar-refractivity contribution in [3.05, 3.63) is 80.8 Å². The SMILES string of the molecule is C#CCOc1cccc(Cl)c1C1CC(c2csc(C3CCN(C(=O)C(n4ccc(C(F)F)n4)n4ccc(C(F)F)n4)CC3)n2)=NO1. The van der Waals surface area contributed by atoms with E-state index in [0.717, 1.165) is 26.5 Å². The van der Waals surface area contributed by atoms with Crippen LogP contribution in [0.3, 0.4) is 0 Å². The van der Waals surface area contributed by atoms with Crippen molar-refractivity contribution in [2.24, 2.45) is 5.16 Å². The molecular weight excluding hydrogens is 650 g/mol. The average molecular weight is 676 g/mol. The summed E-state index contributed by atoms with van der Waals surface area (Å²) >= 11 is 7.95. The highest BCUT2D eigenvalue weighted by Crippen LogP contribution is 2.40. The molecule has 2 aliphatic rings. The van der Waals surface area contributed by atoms with E-state index in [2.05, 4.69) is 21.3 Å². The minimum atomic E-state index is -2.86. The van der Waals surface area contributed by atoms with Gasteiger partial charge in [0.05, 0.1) is 21.3 Å². The molecule has 0 saturated carbocycles. The highest BCUT2D eigenvalue weighted by Gasteiger charge is 2.35. The predicted octanol–water partition coefficient (Wildman–Crippen LogP) is 6.40. The van der Waals surface area contributed by atoms with E-state index < -0.39 is 42.4 Å². The third-order valence-corrected chi connectivity index (χ3v) is 9.05. The molecule has 3 aromatic heterocycles. The van der Waals surface area contributed by atoms with Gasteiger partial charge in [-0.3, -0.25) is 4.79 Å². The Morgan fingerprint density at radius 1 is 1.09 bits per heavy atom. The van der Waals surface area contributed by atoms with Gasteiger partial charge in [0.15, 0.2) is 6.10 Å². The molecule has 1 aromatic carbocycles. The first-order valence-electron chi connectivity index (χ1n) is 14.2. The van der Waals surface area contributed by atoms with Crippen LogP contribution in [0, 0.1) is 12.3 Å². The number of rotatable bonds is 10. The smallest absolute Gasteiger partial charge is 0.282 e. The van der Waals surface area contributed by atoms with E-state index in [1.807, 2.05) is 5.38 Å². The van der Waals surface area contributed by atoms with Crippen LogP contribution in [0.1, 0.15) is 78.0 Å². The van der Waals surface area contributed by atoms with Crippen LogP contribution in [0.15, 0.2) is 53.3 Å². The summed E-state index contributed by atoms with van der Waals surface area (Å²) in [6.07, 6.45) is 1.82. The number of piperidine rings is 1. The first kappa shape index (κ1) is 31.6. The standard InChI is InChI=1S/C30H26ClF4N7O3S/c1-2-14-44-23-5-3-4-18(31)25(23)24-15-21(39-45-24)22-16-46-28(36-22)17-6-10-40(11-7-17)30(43)29(41-12-8-19(37-41)26(32)33)42-13-9-20(38-42)27(34)35/h1,3-5,8-9,12-13,16-17,24,26-27,29H,6-7,10-11,14-15H2. The molecule has 16 heteroatoms. The monoisotopic (exact) mass is 675 g/mol. The molecule has 4 aromatic rings. The molecule has 0 radical (unpaired) electrons. The molecule has 6 rings (SSSR count). The summed E-state index contributed by atoms with van der Waals surface area (Å²) in [4.78, 5) is 25.8. The Balaban J connectivity index is 1.12. The number of terminal acetylenes is 1. The molecule has 0 bridgehead atoms. The van der Waals surface area contributed by atoms with E-state index in [0.29, 0.717) is 60.1 Å². The topological polar surface area (TPSA) is 99.7 Å². The molecule has 1 atom stereocenters. The van der Waals surface area contributed by atoms with E-state index in [1.54, 1.807) is 23.1 Å². The van der Waals surface area contributed by atoms with Gasteiger partial charge in [0.1, 0.15) is 29.5 Å². The molecule has 1 fully saturated rings. The molecule has 5 heterocycles. The number of oxime groups is 1. The Bertz CT molecular complexity index is 1730. The lowest BCUT2D eigenvalue weighted by Gasteiger charge is -2.33. The maximum absolute atomic E-state index is 13.7. The fourth-order valence-electron chi connectivity index (χ4n) is 5.43. The van der Waals surface area contributed by atoms with Crippen LogP contribution in [0.25, 0.3) is 0 Å². The van der Waals surface area contributed by atoms with Crippen molar-refractivity contribution in [2.75, 3.05) is 19.7 Å². The van der Waals surface area contributed by atoms with Crippen molar-refractivity contribution in [1.82, 2.24) is 29.4 Å². The molecule has 0 spiro atoms. The molecule has 1 saturated heterocycles. The summed E-state index contributed by atoms with van der Waals surface area (Å²) in [6.45, 7) is 0.750. The molecular formula is C30H26ClF4N7O3S. The normalized spacial score (nSPS) is 17.1. The third kappa shape index (κ3) is 6.45. The highest BCUT2D eigenvalue weighted by molar-refractivity contribution is 7.10. The van der Waals surface area contributed by atoms with Crippen LogP contribution in [-0.2, 0) is 9.63 Å². The molecule has 1 unspecified atom stereocenters. The Hall–Kier alpha value is -4.42. The maximum atomic E-state index is 13.7. The minimum Gasteiger partial charge on any atom is -0.480 e. The lowest BCUT2D eigenvalue weighted by molar-refractivity contribution is -0.137. The second-order valence-electron chi connectivity index (χ2n) is 10.6. The number of halogens is 5. The van der Waals surface area contributed by atoms with Gasteiger partial charge in [-0.25, -0.2) is 31.9 Å². The third-order valence-electron chi connectivity index (χ3n) is 7.72. The summed E-state index contributed by atoms with van der Waals surface area (Å²) in [6, 6.07) is 7.44. The van der Waals surface area contributed by atoms with Crippen LogP contribution in [0.4, 0.5) is 17.6 Å². The van der Waals surface area contributed by atoms with Gasteiger partial charge in [-0.05, 0) is 37.1 Å². The number of carbonyl (C=O) groups excluding carboxylic acids is 1. The van der Waals surface area contributed by atoms with Crippen LogP contribution >= 0.6 is 22.9 Å². The van der Waals surface area contributed by atoms with E-state index >= 15 is 0 Å². The largest absolute Gasteiger partial charge is 0.480 e. The van der Waals surface area contributed by atoms with Gasteiger partial charge in [0.25, 0.3) is 18.8 Å². The van der Waals surface area contributed by atoms with Crippen molar-refractivity contribution in [3.63, 3.8) is 0 Å². The number of nitrogens with zero attached hydrogens (tertiary/aromatic N) is 7. The number of alkyl halides is 4. The van der Waals surface area contributed by atoms with E-state index in [4.69, 9.17) is 32.6 Å². The van der Waals surface area contributed by atoms with Gasteiger partial charge in [0.2, 0.25) is 6.17 Å². The zero-order chi connectivity index (χ0) is 32.4. The van der Waals surface area contributed by atoms with Crippen LogP contribution < -0.4 is 4.74 Å². The summed E-state index contributed by atoms with van der Waals surface area (Å²) < 4.78 is 60.7. The Morgan fingerprint density at radius 2 is 1.76 bits per heavy atom. The first-order chi connectivity index (χ1) is 22.2. The zero-order valence-electron chi connectivity index (χ0n) is 24.0. The van der Waals surface area contributed by atoms with Crippen molar-refractivity contribution < 1.29 is 31.9 Å². The summed E-state index contributed by atoms with van der Waals surface area (Å²) in [5.74, 6) is 2.52. The van der Waals surface area contributed by atoms with Crippen molar-refractivity contribution in [2.45, 2.75) is 50.3 Å². The number of hydrogen-bond donors (Lipinski definition) is 0. The quantitative estimate of drug-likeness (QED) is 0.143. The highest BCUT2D eigenvalue weighted by atomic mass is 35.5.